The zero-order chi connectivity index (χ0) is 29.7. The molecule has 0 aliphatic carbocycles. The van der Waals surface area contributed by atoms with Crippen LogP contribution in [-0.4, -0.2) is 59.8 Å². The van der Waals surface area contributed by atoms with Crippen molar-refractivity contribution in [2.75, 3.05) is 19.5 Å². The summed E-state index contributed by atoms with van der Waals surface area (Å²) in [7, 11) is 2.65. The van der Waals surface area contributed by atoms with Gasteiger partial charge in [-0.1, -0.05) is 15.9 Å². The van der Waals surface area contributed by atoms with Gasteiger partial charge in [-0.05, 0) is 61.4 Å². The van der Waals surface area contributed by atoms with Crippen molar-refractivity contribution in [2.24, 2.45) is 0 Å². The van der Waals surface area contributed by atoms with Gasteiger partial charge >= 0.3 is 11.9 Å². The van der Waals surface area contributed by atoms with E-state index in [-0.39, 0.29) is 29.0 Å². The molecule has 0 atom stereocenters. The van der Waals surface area contributed by atoms with Crippen LogP contribution in [-0.2, 0) is 25.6 Å². The van der Waals surface area contributed by atoms with Crippen LogP contribution in [0.2, 0.25) is 0 Å². The van der Waals surface area contributed by atoms with E-state index >= 15 is 0 Å². The maximum atomic E-state index is 12.5. The molecule has 6 rings (SSSR count). The molecule has 6 aromatic rings. The fourth-order valence-corrected chi connectivity index (χ4v) is 4.52. The van der Waals surface area contributed by atoms with Gasteiger partial charge in [-0.2, -0.15) is 0 Å². The minimum absolute atomic E-state index is 0.106. The number of rotatable bonds is 3. The normalized spacial score (nSPS) is 10.7. The highest BCUT2D eigenvalue weighted by atomic mass is 79.9. The Morgan fingerprint density at radius 1 is 0.854 bits per heavy atom. The standard InChI is InChI=1S/C14H13N3O3.C11H9N3O.C3H5BrO2/c1-9-5-6-15-13-12(9)16-7-3-4-10(16)14(19)17(13)8-11(18)20-2;1-7-4-5-12-10-9(7)14-6-2-3-8(14)11(15)13-10;1-6-3(5)2-4/h3-7H,8H2,1-2H3;2-6H,1H3,(H,12,13,15);2H2,1H3. The third-order valence-electron chi connectivity index (χ3n) is 6.25. The molecule has 0 spiro atoms. The summed E-state index contributed by atoms with van der Waals surface area (Å²) in [6.07, 6.45) is 7.01. The van der Waals surface area contributed by atoms with Crippen LogP contribution in [0.25, 0.3) is 33.4 Å². The summed E-state index contributed by atoms with van der Waals surface area (Å²) in [6.45, 7) is 3.79. The number of aryl methyl sites for hydroxylation is 2. The van der Waals surface area contributed by atoms with Crippen molar-refractivity contribution in [1.82, 2.24) is 28.3 Å². The first kappa shape index (κ1) is 29.2. The third-order valence-corrected chi connectivity index (χ3v) is 6.71. The first-order chi connectivity index (χ1) is 19.7. The van der Waals surface area contributed by atoms with E-state index in [0.29, 0.717) is 22.3 Å². The molecule has 6 heterocycles. The average Bonchev–Trinajstić information content (AvgIpc) is 3.66. The van der Waals surface area contributed by atoms with Gasteiger partial charge < -0.3 is 23.3 Å². The van der Waals surface area contributed by atoms with Gasteiger partial charge in [0.2, 0.25) is 0 Å². The summed E-state index contributed by atoms with van der Waals surface area (Å²) < 4.78 is 13.9. The Bertz CT molecular complexity index is 2000. The predicted molar refractivity (Wildman–Crippen MR) is 158 cm³/mol. The van der Waals surface area contributed by atoms with Crippen molar-refractivity contribution < 1.29 is 19.1 Å². The molecule has 0 radical (unpaired) electrons. The molecule has 1 N–H and O–H groups in total. The maximum Gasteiger partial charge on any atom is 0.325 e. The van der Waals surface area contributed by atoms with Crippen LogP contribution in [0.3, 0.4) is 0 Å². The highest BCUT2D eigenvalue weighted by Gasteiger charge is 2.15. The van der Waals surface area contributed by atoms with E-state index in [1.165, 1.54) is 18.8 Å². The fraction of sp³-hybridized carbons (Fsp3) is 0.214. The molecule has 212 valence electrons. The maximum absolute atomic E-state index is 12.5. The first-order valence-corrected chi connectivity index (χ1v) is 13.4. The van der Waals surface area contributed by atoms with Gasteiger partial charge in [0.1, 0.15) is 22.9 Å². The molecule has 0 saturated heterocycles. The Labute approximate surface area is 241 Å². The lowest BCUT2D eigenvalue weighted by molar-refractivity contribution is -0.141. The number of aromatic amines is 1. The zero-order valence-corrected chi connectivity index (χ0v) is 24.3. The van der Waals surface area contributed by atoms with Crippen molar-refractivity contribution in [3.63, 3.8) is 0 Å². The summed E-state index contributed by atoms with van der Waals surface area (Å²) in [6, 6.07) is 11.0. The number of hydrogen-bond donors (Lipinski definition) is 1. The Kier molecular flexibility index (Phi) is 8.97. The molecular weight excluding hydrogens is 596 g/mol. The van der Waals surface area contributed by atoms with Crippen molar-refractivity contribution in [1.29, 1.82) is 0 Å². The summed E-state index contributed by atoms with van der Waals surface area (Å²) in [4.78, 5) is 56.7. The van der Waals surface area contributed by atoms with Gasteiger partial charge in [-0.25, -0.2) is 9.97 Å². The van der Waals surface area contributed by atoms with Crippen LogP contribution < -0.4 is 11.1 Å². The van der Waals surface area contributed by atoms with Crippen LogP contribution in [0.1, 0.15) is 11.1 Å². The zero-order valence-electron chi connectivity index (χ0n) is 22.8. The lowest BCUT2D eigenvalue weighted by Gasteiger charge is -2.12. The molecule has 6 aromatic heterocycles. The predicted octanol–water partition coefficient (Wildman–Crippen LogP) is 3.17. The van der Waals surface area contributed by atoms with Crippen LogP contribution in [0.4, 0.5) is 0 Å². The van der Waals surface area contributed by atoms with E-state index in [9.17, 15) is 19.2 Å². The van der Waals surface area contributed by atoms with Crippen molar-refractivity contribution in [2.45, 2.75) is 20.4 Å². The van der Waals surface area contributed by atoms with E-state index in [0.717, 1.165) is 22.2 Å². The largest absolute Gasteiger partial charge is 0.468 e. The second kappa shape index (κ2) is 12.6. The number of hydrogen-bond acceptors (Lipinski definition) is 8. The summed E-state index contributed by atoms with van der Waals surface area (Å²) in [5.74, 6) is -0.720. The van der Waals surface area contributed by atoms with Gasteiger partial charge in [0.25, 0.3) is 11.1 Å². The Hall–Kier alpha value is -4.78. The number of H-pyrrole nitrogens is 1. The van der Waals surface area contributed by atoms with E-state index in [1.54, 1.807) is 35.0 Å². The van der Waals surface area contributed by atoms with Crippen LogP contribution in [0.15, 0.2) is 70.8 Å². The fourth-order valence-electron chi connectivity index (χ4n) is 4.29. The molecule has 12 nitrogen and oxygen atoms in total. The topological polar surface area (TPSA) is 142 Å². The van der Waals surface area contributed by atoms with E-state index in [4.69, 9.17) is 0 Å². The minimum Gasteiger partial charge on any atom is -0.468 e. The molecule has 0 fully saturated rings. The second-order valence-electron chi connectivity index (χ2n) is 8.78. The summed E-state index contributed by atoms with van der Waals surface area (Å²) in [5.41, 5.74) is 5.75. The molecule has 0 saturated carbocycles. The number of ether oxygens (including phenoxy) is 2. The van der Waals surface area contributed by atoms with E-state index in [1.807, 2.05) is 48.8 Å². The summed E-state index contributed by atoms with van der Waals surface area (Å²) >= 11 is 2.90. The first-order valence-electron chi connectivity index (χ1n) is 12.3. The number of methoxy groups -OCH3 is 2. The molecule has 0 aliphatic rings. The Morgan fingerprint density at radius 3 is 2.05 bits per heavy atom. The molecule has 0 bridgehead atoms. The molecule has 0 unspecified atom stereocenters. The Morgan fingerprint density at radius 2 is 1.44 bits per heavy atom. The SMILES string of the molecule is COC(=O)CBr.COC(=O)Cn1c(=O)c2cccn2c2c(C)ccnc21.Cc1ccnc2[nH]c(=O)c3cccn3c12. The number of esters is 2. The van der Waals surface area contributed by atoms with Crippen LogP contribution in [0, 0.1) is 13.8 Å². The van der Waals surface area contributed by atoms with Crippen molar-refractivity contribution in [3.8, 4) is 0 Å². The van der Waals surface area contributed by atoms with Crippen LogP contribution >= 0.6 is 15.9 Å². The van der Waals surface area contributed by atoms with Crippen molar-refractivity contribution >= 4 is 61.2 Å². The number of pyridine rings is 2. The van der Waals surface area contributed by atoms with Gasteiger partial charge in [0.15, 0.2) is 11.3 Å². The number of fused-ring (bicyclic) bond motifs is 6. The molecule has 13 heteroatoms. The number of halogens is 1. The van der Waals surface area contributed by atoms with Gasteiger partial charge in [-0.3, -0.25) is 23.7 Å². The van der Waals surface area contributed by atoms with Crippen LogP contribution in [0.5, 0.6) is 0 Å². The minimum atomic E-state index is -0.479. The average molecular weight is 623 g/mol. The lowest BCUT2D eigenvalue weighted by Crippen LogP contribution is -2.27. The molecule has 0 amide bonds. The number of alkyl halides is 1. The van der Waals surface area contributed by atoms with E-state index < -0.39 is 5.97 Å². The number of nitrogens with one attached hydrogen (secondary N) is 1. The van der Waals surface area contributed by atoms with Gasteiger partial charge in [0, 0.05) is 24.8 Å². The third kappa shape index (κ3) is 5.89. The van der Waals surface area contributed by atoms with Gasteiger partial charge in [0.05, 0.1) is 25.3 Å². The second-order valence-corrected chi connectivity index (χ2v) is 9.34. The highest BCUT2D eigenvalue weighted by Crippen LogP contribution is 2.17. The number of aromatic nitrogens is 6. The number of carbonyl (C=O) groups excluding carboxylic acids is 2. The molecule has 41 heavy (non-hydrogen) atoms. The van der Waals surface area contributed by atoms with Gasteiger partial charge in [-0.15, -0.1) is 0 Å². The number of carbonyl (C=O) groups is 2. The smallest absolute Gasteiger partial charge is 0.325 e. The van der Waals surface area contributed by atoms with E-state index in [2.05, 4.69) is 40.4 Å². The number of nitrogens with zero attached hydrogens (tertiary/aromatic N) is 5. The molecular formula is C28H27BrN6O6. The molecule has 0 aliphatic heterocycles. The van der Waals surface area contributed by atoms with Crippen molar-refractivity contribution in [3.05, 3.63) is 93.0 Å². The molecule has 0 aromatic carbocycles. The lowest BCUT2D eigenvalue weighted by atomic mass is 10.2. The quantitative estimate of drug-likeness (QED) is 0.234. The highest BCUT2D eigenvalue weighted by molar-refractivity contribution is 9.09. The monoisotopic (exact) mass is 622 g/mol. The Balaban J connectivity index is 0.000000162. The summed E-state index contributed by atoms with van der Waals surface area (Å²) in [5, 5.41) is 0.281.